The molecule has 4 aromatic carbocycles. The van der Waals surface area contributed by atoms with Gasteiger partial charge in [0.2, 0.25) is 5.91 Å². The van der Waals surface area contributed by atoms with Crippen LogP contribution < -0.4 is 15.4 Å². The highest BCUT2D eigenvalue weighted by atomic mass is 16.5. The summed E-state index contributed by atoms with van der Waals surface area (Å²) in [5.41, 5.74) is 4.78. The minimum Gasteiger partial charge on any atom is -0.489 e. The zero-order valence-corrected chi connectivity index (χ0v) is 25.2. The van der Waals surface area contributed by atoms with Crippen molar-refractivity contribution in [3.8, 4) is 5.75 Å². The van der Waals surface area contributed by atoms with Gasteiger partial charge in [-0.25, -0.2) is 4.79 Å². The molecule has 0 radical (unpaired) electrons. The van der Waals surface area contributed by atoms with Crippen LogP contribution in [0.5, 0.6) is 5.75 Å². The monoisotopic (exact) mass is 592 g/mol. The molecule has 1 saturated heterocycles. The number of alkyl carbamates (subject to hydrolysis) is 1. The number of amides is 2. The van der Waals surface area contributed by atoms with E-state index in [1.807, 2.05) is 78.9 Å². The first-order chi connectivity index (χ1) is 21.5. The van der Waals surface area contributed by atoms with Gasteiger partial charge >= 0.3 is 6.09 Å². The van der Waals surface area contributed by atoms with Crippen LogP contribution in [0, 0.1) is 0 Å². The third kappa shape index (κ3) is 9.17. The lowest BCUT2D eigenvalue weighted by atomic mass is 10.0. The Kier molecular flexibility index (Phi) is 11.0. The summed E-state index contributed by atoms with van der Waals surface area (Å²) in [4.78, 5) is 31.3. The van der Waals surface area contributed by atoms with Gasteiger partial charge in [0.25, 0.3) is 0 Å². The molecule has 0 unspecified atom stereocenters. The van der Waals surface area contributed by atoms with Gasteiger partial charge in [0.05, 0.1) is 0 Å². The van der Waals surface area contributed by atoms with Gasteiger partial charge in [0.15, 0.2) is 0 Å². The zero-order valence-electron chi connectivity index (χ0n) is 25.2. The summed E-state index contributed by atoms with van der Waals surface area (Å²) in [5.74, 6) is 0.343. The second kappa shape index (κ2) is 15.7. The Balaban J connectivity index is 1.25. The van der Waals surface area contributed by atoms with E-state index in [1.54, 1.807) is 24.3 Å². The molecular weight excluding hydrogens is 552 g/mol. The predicted molar refractivity (Wildman–Crippen MR) is 171 cm³/mol. The molecule has 4 aromatic rings. The molecule has 5 rings (SSSR count). The number of carbonyl (C=O) groups excluding carboxylic acids is 2. The molecule has 0 aliphatic carbocycles. The van der Waals surface area contributed by atoms with Crippen molar-refractivity contribution in [3.05, 3.63) is 137 Å². The summed E-state index contributed by atoms with van der Waals surface area (Å²) in [6, 6.07) is 33.8. The summed E-state index contributed by atoms with van der Waals surface area (Å²) < 4.78 is 11.4. The van der Waals surface area contributed by atoms with E-state index in [2.05, 4.69) is 33.5 Å². The van der Waals surface area contributed by atoms with Crippen molar-refractivity contribution in [2.24, 2.45) is 0 Å². The minimum absolute atomic E-state index is 0.104. The Labute approximate surface area is 259 Å². The Hall–Kier alpha value is -4.66. The van der Waals surface area contributed by atoms with Gasteiger partial charge in [0.1, 0.15) is 25.0 Å². The van der Waals surface area contributed by atoms with Crippen molar-refractivity contribution >= 4 is 12.0 Å². The largest absolute Gasteiger partial charge is 0.489 e. The fraction of sp³-hybridized carbons (Fsp3) is 0.278. The highest BCUT2D eigenvalue weighted by Gasteiger charge is 2.24. The van der Waals surface area contributed by atoms with E-state index in [1.165, 1.54) is 5.56 Å². The number of benzene rings is 4. The summed E-state index contributed by atoms with van der Waals surface area (Å²) in [5, 5.41) is 5.83. The van der Waals surface area contributed by atoms with E-state index in [9.17, 15) is 9.59 Å². The fourth-order valence-corrected chi connectivity index (χ4v) is 5.10. The molecule has 0 spiro atoms. The van der Waals surface area contributed by atoms with Gasteiger partial charge in [-0.1, -0.05) is 97.1 Å². The van der Waals surface area contributed by atoms with E-state index >= 15 is 0 Å². The first kappa shape index (κ1) is 30.8. The molecular formula is C36H40N4O4. The molecule has 8 nitrogen and oxygen atoms in total. The number of rotatable bonds is 12. The second-order valence-corrected chi connectivity index (χ2v) is 11.0. The van der Waals surface area contributed by atoms with E-state index < -0.39 is 12.1 Å². The Morgan fingerprint density at radius 3 is 1.98 bits per heavy atom. The fourth-order valence-electron chi connectivity index (χ4n) is 5.10. The molecule has 1 fully saturated rings. The molecule has 0 saturated carbocycles. The first-order valence-corrected chi connectivity index (χ1v) is 15.0. The Bertz CT molecular complexity index is 1470. The molecule has 0 bridgehead atoms. The lowest BCUT2D eigenvalue weighted by molar-refractivity contribution is -0.123. The van der Waals surface area contributed by atoms with Crippen LogP contribution in [-0.2, 0) is 35.8 Å². The average molecular weight is 593 g/mol. The highest BCUT2D eigenvalue weighted by molar-refractivity contribution is 5.87. The number of nitrogens with one attached hydrogen (secondary N) is 2. The van der Waals surface area contributed by atoms with Crippen LogP contribution >= 0.6 is 0 Å². The maximum Gasteiger partial charge on any atom is 0.408 e. The minimum atomic E-state index is -0.953. The van der Waals surface area contributed by atoms with Crippen LogP contribution in [-0.4, -0.2) is 55.0 Å². The van der Waals surface area contributed by atoms with Crippen LogP contribution in [0.1, 0.15) is 33.9 Å². The number of hydrogen-bond donors (Lipinski definition) is 2. The van der Waals surface area contributed by atoms with E-state index in [0.717, 1.165) is 49.4 Å². The normalized spacial score (nSPS) is 14.4. The van der Waals surface area contributed by atoms with E-state index in [-0.39, 0.29) is 12.5 Å². The van der Waals surface area contributed by atoms with Crippen molar-refractivity contribution in [1.29, 1.82) is 0 Å². The van der Waals surface area contributed by atoms with Crippen LogP contribution in [0.15, 0.2) is 109 Å². The van der Waals surface area contributed by atoms with Gasteiger partial charge in [-0.05, 0) is 47.0 Å². The highest BCUT2D eigenvalue weighted by Crippen LogP contribution is 2.21. The maximum atomic E-state index is 13.6. The second-order valence-electron chi connectivity index (χ2n) is 11.0. The third-order valence-electron chi connectivity index (χ3n) is 7.76. The average Bonchev–Trinajstić information content (AvgIpc) is 3.07. The molecule has 228 valence electrons. The van der Waals surface area contributed by atoms with Crippen LogP contribution in [0.3, 0.4) is 0 Å². The van der Waals surface area contributed by atoms with Crippen LogP contribution in [0.2, 0.25) is 0 Å². The zero-order chi connectivity index (χ0) is 30.6. The summed E-state index contributed by atoms with van der Waals surface area (Å²) in [7, 11) is 2.15. The number of ether oxygens (including phenoxy) is 2. The van der Waals surface area contributed by atoms with Gasteiger partial charge in [-0.3, -0.25) is 9.69 Å². The molecule has 44 heavy (non-hydrogen) atoms. The van der Waals surface area contributed by atoms with Crippen molar-refractivity contribution in [3.63, 3.8) is 0 Å². The van der Waals surface area contributed by atoms with Gasteiger partial charge in [-0.2, -0.15) is 0 Å². The van der Waals surface area contributed by atoms with Crippen LogP contribution in [0.25, 0.3) is 0 Å². The standard InChI is InChI=1S/C36H40N4O4/c1-39-20-22-40(23-21-39)25-32-15-9-8-14-31(32)24-37-35(41)34(38-36(42)44-27-29-12-6-3-7-13-29)30-16-18-33(19-17-30)43-26-28-10-4-2-5-11-28/h2-19,34H,20-27H2,1H3,(H,37,41)(H,38,42)/t34-/m0/s1. The SMILES string of the molecule is CN1CCN(Cc2ccccc2CNC(=O)[C@@H](NC(=O)OCc2ccccc2)c2ccc(OCc3ccccc3)cc2)CC1. The molecule has 2 amide bonds. The van der Waals surface area contributed by atoms with Crippen LogP contribution in [0.4, 0.5) is 4.79 Å². The molecule has 8 heteroatoms. The molecule has 1 atom stereocenters. The topological polar surface area (TPSA) is 83.1 Å². The number of likely N-dealkylation sites (N-methyl/N-ethyl adjacent to an activating group) is 1. The Morgan fingerprint density at radius 1 is 0.727 bits per heavy atom. The number of carbonyl (C=O) groups is 2. The molecule has 0 aromatic heterocycles. The molecule has 2 N–H and O–H groups in total. The number of hydrogen-bond acceptors (Lipinski definition) is 6. The molecule has 1 heterocycles. The molecule has 1 aliphatic heterocycles. The van der Waals surface area contributed by atoms with E-state index in [4.69, 9.17) is 9.47 Å². The van der Waals surface area contributed by atoms with E-state index in [0.29, 0.717) is 24.5 Å². The first-order valence-electron chi connectivity index (χ1n) is 15.0. The third-order valence-corrected chi connectivity index (χ3v) is 7.76. The van der Waals surface area contributed by atoms with Crippen molar-refractivity contribution in [2.75, 3.05) is 33.2 Å². The van der Waals surface area contributed by atoms with Crippen molar-refractivity contribution in [2.45, 2.75) is 32.3 Å². The molecule has 1 aliphatic rings. The van der Waals surface area contributed by atoms with Crippen molar-refractivity contribution < 1.29 is 19.1 Å². The predicted octanol–water partition coefficient (Wildman–Crippen LogP) is 5.30. The summed E-state index contributed by atoms with van der Waals surface area (Å²) >= 11 is 0. The lowest BCUT2D eigenvalue weighted by Crippen LogP contribution is -2.44. The smallest absolute Gasteiger partial charge is 0.408 e. The lowest BCUT2D eigenvalue weighted by Gasteiger charge is -2.32. The number of nitrogens with zero attached hydrogens (tertiary/aromatic N) is 2. The quantitative estimate of drug-likeness (QED) is 0.233. The summed E-state index contributed by atoms with van der Waals surface area (Å²) in [6.45, 7) is 5.83. The van der Waals surface area contributed by atoms with Gasteiger partial charge in [0, 0.05) is 39.3 Å². The summed E-state index contributed by atoms with van der Waals surface area (Å²) in [6.07, 6.45) is -0.672. The Morgan fingerprint density at radius 2 is 1.32 bits per heavy atom. The van der Waals surface area contributed by atoms with Gasteiger partial charge < -0.3 is 25.0 Å². The number of piperazine rings is 1. The van der Waals surface area contributed by atoms with Crippen molar-refractivity contribution in [1.82, 2.24) is 20.4 Å². The maximum absolute atomic E-state index is 13.6. The van der Waals surface area contributed by atoms with Gasteiger partial charge in [-0.15, -0.1) is 0 Å².